The van der Waals surface area contributed by atoms with Gasteiger partial charge in [-0.15, -0.1) is 0 Å². The molecule has 16 heavy (non-hydrogen) atoms. The Morgan fingerprint density at radius 2 is 1.81 bits per heavy atom. The molecule has 0 bridgehead atoms. The van der Waals surface area contributed by atoms with Crippen LogP contribution in [0.25, 0.3) is 0 Å². The summed E-state index contributed by atoms with van der Waals surface area (Å²) in [6.45, 7) is 2.13. The van der Waals surface area contributed by atoms with Crippen LogP contribution in [0.5, 0.6) is 0 Å². The Morgan fingerprint density at radius 3 is 2.44 bits per heavy atom. The van der Waals surface area contributed by atoms with Gasteiger partial charge in [0.05, 0.1) is 0 Å². The first-order chi connectivity index (χ1) is 7.79. The molecule has 0 atom stereocenters. The smallest absolute Gasteiger partial charge is 0.267 e. The third-order valence-electron chi connectivity index (χ3n) is 2.63. The van der Waals surface area contributed by atoms with E-state index in [1.807, 2.05) is 0 Å². The Hall–Kier alpha value is -1.90. The summed E-state index contributed by atoms with van der Waals surface area (Å²) >= 11 is 0. The van der Waals surface area contributed by atoms with Gasteiger partial charge in [-0.2, -0.15) is 5.10 Å². The van der Waals surface area contributed by atoms with E-state index in [9.17, 15) is 4.79 Å². The zero-order chi connectivity index (χ0) is 11.4. The normalized spacial score (nSPS) is 10.3. The number of hydrogen-bond acceptors (Lipinski definition) is 2. The van der Waals surface area contributed by atoms with Crippen LogP contribution in [0, 0.1) is 0 Å². The number of aryl methyl sites for hydroxylation is 1. The van der Waals surface area contributed by atoms with Crippen LogP contribution in [0.4, 0.5) is 0 Å². The van der Waals surface area contributed by atoms with Gasteiger partial charge in [-0.1, -0.05) is 31.2 Å². The molecule has 3 heteroatoms. The molecule has 0 unspecified atom stereocenters. The van der Waals surface area contributed by atoms with Gasteiger partial charge in [-0.05, 0) is 23.6 Å². The van der Waals surface area contributed by atoms with Gasteiger partial charge in [-0.25, -0.2) is 5.10 Å². The first kappa shape index (κ1) is 10.6. The topological polar surface area (TPSA) is 45.8 Å². The standard InChI is InChI=1S/C13H14N2O/c1-2-10-3-5-11(6-4-10)9-12-7-8-14-15-13(12)16/h3-8H,2,9H2,1H3,(H,15,16). The maximum absolute atomic E-state index is 11.4. The summed E-state index contributed by atoms with van der Waals surface area (Å²) < 4.78 is 0. The number of nitrogens with one attached hydrogen (secondary N) is 1. The molecule has 3 nitrogen and oxygen atoms in total. The second kappa shape index (κ2) is 4.75. The minimum absolute atomic E-state index is 0.109. The minimum Gasteiger partial charge on any atom is -0.268 e. The molecule has 0 saturated heterocycles. The number of hydrogen-bond donors (Lipinski definition) is 1. The SMILES string of the molecule is CCc1ccc(Cc2ccn[nH]c2=O)cc1. The maximum Gasteiger partial charge on any atom is 0.267 e. The monoisotopic (exact) mass is 214 g/mol. The fourth-order valence-corrected chi connectivity index (χ4v) is 1.62. The van der Waals surface area contributed by atoms with Crippen molar-refractivity contribution < 1.29 is 0 Å². The molecule has 82 valence electrons. The molecular formula is C13H14N2O. The molecule has 0 aliphatic carbocycles. The van der Waals surface area contributed by atoms with E-state index in [1.165, 1.54) is 5.56 Å². The quantitative estimate of drug-likeness (QED) is 0.848. The molecule has 0 saturated carbocycles. The van der Waals surface area contributed by atoms with Crippen LogP contribution in [-0.4, -0.2) is 10.2 Å². The lowest BCUT2D eigenvalue weighted by Crippen LogP contribution is -2.13. The molecule has 0 aliphatic rings. The molecular weight excluding hydrogens is 200 g/mol. The third kappa shape index (κ3) is 2.37. The van der Waals surface area contributed by atoms with Crippen molar-refractivity contribution in [2.45, 2.75) is 19.8 Å². The molecule has 1 heterocycles. The van der Waals surface area contributed by atoms with Crippen LogP contribution in [0.3, 0.4) is 0 Å². The van der Waals surface area contributed by atoms with Gasteiger partial charge in [0, 0.05) is 18.2 Å². The van der Waals surface area contributed by atoms with E-state index < -0.39 is 0 Å². The van der Waals surface area contributed by atoms with E-state index in [1.54, 1.807) is 12.3 Å². The van der Waals surface area contributed by atoms with Gasteiger partial charge in [0.15, 0.2) is 0 Å². The Labute approximate surface area is 94.2 Å². The zero-order valence-electron chi connectivity index (χ0n) is 9.23. The number of benzene rings is 1. The van der Waals surface area contributed by atoms with Gasteiger partial charge in [-0.3, -0.25) is 4.79 Å². The van der Waals surface area contributed by atoms with E-state index in [4.69, 9.17) is 0 Å². The van der Waals surface area contributed by atoms with Crippen molar-refractivity contribution in [3.05, 3.63) is 63.6 Å². The highest BCUT2D eigenvalue weighted by Crippen LogP contribution is 2.08. The van der Waals surface area contributed by atoms with Crippen molar-refractivity contribution in [2.24, 2.45) is 0 Å². The summed E-state index contributed by atoms with van der Waals surface area (Å²) in [6.07, 6.45) is 3.30. The highest BCUT2D eigenvalue weighted by Gasteiger charge is 2.00. The molecule has 0 amide bonds. The highest BCUT2D eigenvalue weighted by atomic mass is 16.1. The molecule has 0 fully saturated rings. The number of aromatic nitrogens is 2. The van der Waals surface area contributed by atoms with Crippen LogP contribution in [0.2, 0.25) is 0 Å². The summed E-state index contributed by atoms with van der Waals surface area (Å²) in [5.41, 5.74) is 3.10. The minimum atomic E-state index is -0.109. The molecule has 0 spiro atoms. The predicted octanol–water partition coefficient (Wildman–Crippen LogP) is 1.92. The van der Waals surface area contributed by atoms with Crippen LogP contribution in [0.1, 0.15) is 23.6 Å². The lowest BCUT2D eigenvalue weighted by Gasteiger charge is -2.02. The molecule has 2 aromatic rings. The second-order valence-electron chi connectivity index (χ2n) is 3.76. The molecule has 0 aliphatic heterocycles. The summed E-state index contributed by atoms with van der Waals surface area (Å²) in [5, 5.41) is 6.11. The number of nitrogens with zero attached hydrogens (tertiary/aromatic N) is 1. The molecule has 2 rings (SSSR count). The van der Waals surface area contributed by atoms with Crippen LogP contribution in [0.15, 0.2) is 41.3 Å². The van der Waals surface area contributed by atoms with Gasteiger partial charge in [0.2, 0.25) is 0 Å². The van der Waals surface area contributed by atoms with Crippen LogP contribution in [-0.2, 0) is 12.8 Å². The van der Waals surface area contributed by atoms with Gasteiger partial charge >= 0.3 is 0 Å². The van der Waals surface area contributed by atoms with Gasteiger partial charge < -0.3 is 0 Å². The first-order valence-corrected chi connectivity index (χ1v) is 5.40. The van der Waals surface area contributed by atoms with Gasteiger partial charge in [0.25, 0.3) is 5.56 Å². The summed E-state index contributed by atoms with van der Waals surface area (Å²) in [4.78, 5) is 11.4. The third-order valence-corrected chi connectivity index (χ3v) is 2.63. The Morgan fingerprint density at radius 1 is 1.12 bits per heavy atom. The van der Waals surface area contributed by atoms with E-state index in [2.05, 4.69) is 41.4 Å². The number of aromatic amines is 1. The van der Waals surface area contributed by atoms with Crippen molar-refractivity contribution >= 4 is 0 Å². The van der Waals surface area contributed by atoms with Crippen molar-refractivity contribution in [2.75, 3.05) is 0 Å². The lowest BCUT2D eigenvalue weighted by atomic mass is 10.0. The Bertz CT molecular complexity index is 514. The fraction of sp³-hybridized carbons (Fsp3) is 0.231. The highest BCUT2D eigenvalue weighted by molar-refractivity contribution is 5.27. The summed E-state index contributed by atoms with van der Waals surface area (Å²) in [6, 6.07) is 10.1. The predicted molar refractivity (Wildman–Crippen MR) is 63.5 cm³/mol. The van der Waals surface area contributed by atoms with Crippen molar-refractivity contribution in [3.63, 3.8) is 0 Å². The second-order valence-corrected chi connectivity index (χ2v) is 3.76. The largest absolute Gasteiger partial charge is 0.268 e. The zero-order valence-corrected chi connectivity index (χ0v) is 9.23. The Balaban J connectivity index is 2.21. The molecule has 1 aromatic carbocycles. The van der Waals surface area contributed by atoms with Crippen molar-refractivity contribution in [1.82, 2.24) is 10.2 Å². The lowest BCUT2D eigenvalue weighted by molar-refractivity contribution is 0.948. The maximum atomic E-state index is 11.4. The first-order valence-electron chi connectivity index (χ1n) is 5.40. The summed E-state index contributed by atoms with van der Waals surface area (Å²) in [5.74, 6) is 0. The molecule has 0 radical (unpaired) electrons. The molecule has 1 N–H and O–H groups in total. The van der Waals surface area contributed by atoms with Gasteiger partial charge in [0.1, 0.15) is 0 Å². The van der Waals surface area contributed by atoms with Crippen LogP contribution >= 0.6 is 0 Å². The Kier molecular flexibility index (Phi) is 3.15. The van der Waals surface area contributed by atoms with E-state index >= 15 is 0 Å². The fourth-order valence-electron chi connectivity index (χ4n) is 1.62. The van der Waals surface area contributed by atoms with Crippen molar-refractivity contribution in [1.29, 1.82) is 0 Å². The average Bonchev–Trinajstić information content (AvgIpc) is 2.33. The average molecular weight is 214 g/mol. The number of H-pyrrole nitrogens is 1. The van der Waals surface area contributed by atoms with E-state index in [0.29, 0.717) is 6.42 Å². The van der Waals surface area contributed by atoms with Crippen LogP contribution < -0.4 is 5.56 Å². The number of rotatable bonds is 3. The summed E-state index contributed by atoms with van der Waals surface area (Å²) in [7, 11) is 0. The van der Waals surface area contributed by atoms with E-state index in [0.717, 1.165) is 17.5 Å². The van der Waals surface area contributed by atoms with Crippen molar-refractivity contribution in [3.8, 4) is 0 Å². The molecule has 1 aromatic heterocycles. The van der Waals surface area contributed by atoms with E-state index in [-0.39, 0.29) is 5.56 Å².